The molecule has 0 aliphatic carbocycles. The van der Waals surface area contributed by atoms with Crippen LogP contribution < -0.4 is 0 Å². The fourth-order valence-electron chi connectivity index (χ4n) is 1.39. The van der Waals surface area contributed by atoms with E-state index >= 15 is 0 Å². The van der Waals surface area contributed by atoms with E-state index in [2.05, 4.69) is 32.9 Å². The number of hydrogen-bond donors (Lipinski definition) is 1. The lowest BCUT2D eigenvalue weighted by Gasteiger charge is -2.19. The molecule has 0 aromatic heterocycles. The molecular formula is C14H20O3. The quantitative estimate of drug-likeness (QED) is 0.874. The predicted molar refractivity (Wildman–Crippen MR) is 67.0 cm³/mol. The van der Waals surface area contributed by atoms with Crippen molar-refractivity contribution in [2.75, 3.05) is 0 Å². The molecule has 0 radical (unpaired) electrons. The Bertz CT molecular complexity index is 373. The number of ether oxygens (including phenoxy) is 1. The summed E-state index contributed by atoms with van der Waals surface area (Å²) in [5.41, 5.74) is 2.38. The van der Waals surface area contributed by atoms with Crippen molar-refractivity contribution in [1.29, 1.82) is 0 Å². The van der Waals surface area contributed by atoms with Gasteiger partial charge in [-0.25, -0.2) is 4.79 Å². The van der Waals surface area contributed by atoms with E-state index in [0.29, 0.717) is 6.61 Å². The highest BCUT2D eigenvalue weighted by atomic mass is 16.5. The van der Waals surface area contributed by atoms with Gasteiger partial charge in [-0.3, -0.25) is 0 Å². The molecule has 0 saturated carbocycles. The summed E-state index contributed by atoms with van der Waals surface area (Å²) in [6.45, 7) is 8.34. The third-order valence-corrected chi connectivity index (χ3v) is 2.67. The van der Waals surface area contributed by atoms with Gasteiger partial charge in [0.05, 0.1) is 6.61 Å². The van der Waals surface area contributed by atoms with Gasteiger partial charge in [-0.15, -0.1) is 0 Å². The molecule has 0 fully saturated rings. The van der Waals surface area contributed by atoms with E-state index in [4.69, 9.17) is 9.84 Å². The highest BCUT2D eigenvalue weighted by Gasteiger charge is 2.14. The van der Waals surface area contributed by atoms with E-state index in [1.807, 2.05) is 12.1 Å². The Balaban J connectivity index is 2.60. The van der Waals surface area contributed by atoms with Gasteiger partial charge >= 0.3 is 5.97 Å². The van der Waals surface area contributed by atoms with Crippen LogP contribution in [0.5, 0.6) is 0 Å². The monoisotopic (exact) mass is 236 g/mol. The van der Waals surface area contributed by atoms with E-state index in [-0.39, 0.29) is 5.41 Å². The summed E-state index contributed by atoms with van der Waals surface area (Å²) in [6, 6.07) is 8.08. The molecule has 3 nitrogen and oxygen atoms in total. The largest absolute Gasteiger partial charge is 0.479 e. The van der Waals surface area contributed by atoms with Crippen LogP contribution in [-0.4, -0.2) is 17.2 Å². The van der Waals surface area contributed by atoms with Crippen LogP contribution in [-0.2, 0) is 21.6 Å². The van der Waals surface area contributed by atoms with Crippen LogP contribution in [0, 0.1) is 0 Å². The van der Waals surface area contributed by atoms with Crippen molar-refractivity contribution in [3.63, 3.8) is 0 Å². The maximum Gasteiger partial charge on any atom is 0.332 e. The van der Waals surface area contributed by atoms with Gasteiger partial charge in [-0.2, -0.15) is 0 Å². The molecule has 0 saturated heterocycles. The zero-order valence-electron chi connectivity index (χ0n) is 10.9. The number of carboxylic acids is 1. The van der Waals surface area contributed by atoms with Crippen LogP contribution in [0.1, 0.15) is 38.8 Å². The van der Waals surface area contributed by atoms with Gasteiger partial charge in [-0.1, -0.05) is 45.0 Å². The summed E-state index contributed by atoms with van der Waals surface area (Å²) in [6.07, 6.45) is -0.766. The summed E-state index contributed by atoms with van der Waals surface area (Å²) >= 11 is 0. The van der Waals surface area contributed by atoms with E-state index in [9.17, 15) is 4.79 Å². The van der Waals surface area contributed by atoms with Crippen LogP contribution in [0.25, 0.3) is 0 Å². The summed E-state index contributed by atoms with van der Waals surface area (Å²) in [4.78, 5) is 10.6. The highest BCUT2D eigenvalue weighted by Crippen LogP contribution is 2.22. The van der Waals surface area contributed by atoms with Crippen molar-refractivity contribution in [1.82, 2.24) is 0 Å². The zero-order valence-corrected chi connectivity index (χ0v) is 10.9. The van der Waals surface area contributed by atoms with Gasteiger partial charge < -0.3 is 9.84 Å². The molecule has 1 rings (SSSR count). The molecular weight excluding hydrogens is 216 g/mol. The lowest BCUT2D eigenvalue weighted by atomic mass is 9.87. The minimum absolute atomic E-state index is 0.133. The lowest BCUT2D eigenvalue weighted by molar-refractivity contribution is -0.149. The van der Waals surface area contributed by atoms with Crippen molar-refractivity contribution in [2.45, 2.75) is 45.8 Å². The first-order valence-corrected chi connectivity index (χ1v) is 5.74. The topological polar surface area (TPSA) is 46.5 Å². The van der Waals surface area contributed by atoms with Crippen LogP contribution in [0.15, 0.2) is 24.3 Å². The number of rotatable bonds is 4. The zero-order chi connectivity index (χ0) is 13.1. The second kappa shape index (κ2) is 5.32. The molecule has 0 aliphatic heterocycles. The smallest absolute Gasteiger partial charge is 0.332 e. The molecule has 17 heavy (non-hydrogen) atoms. The third-order valence-electron chi connectivity index (χ3n) is 2.67. The normalized spacial score (nSPS) is 13.4. The molecule has 0 aliphatic rings. The molecule has 3 heteroatoms. The first-order chi connectivity index (χ1) is 7.80. The van der Waals surface area contributed by atoms with Crippen molar-refractivity contribution < 1.29 is 14.6 Å². The van der Waals surface area contributed by atoms with Crippen molar-refractivity contribution in [3.05, 3.63) is 35.4 Å². The van der Waals surface area contributed by atoms with E-state index in [0.717, 1.165) is 5.56 Å². The van der Waals surface area contributed by atoms with Gasteiger partial charge in [0, 0.05) is 0 Å². The van der Waals surface area contributed by atoms with Crippen molar-refractivity contribution >= 4 is 5.97 Å². The Kier molecular flexibility index (Phi) is 4.29. The summed E-state index contributed by atoms with van der Waals surface area (Å²) < 4.78 is 5.22. The van der Waals surface area contributed by atoms with Crippen LogP contribution >= 0.6 is 0 Å². The Hall–Kier alpha value is -1.35. The van der Waals surface area contributed by atoms with Crippen molar-refractivity contribution in [3.8, 4) is 0 Å². The summed E-state index contributed by atoms with van der Waals surface area (Å²) in [7, 11) is 0. The lowest BCUT2D eigenvalue weighted by Crippen LogP contribution is -2.19. The van der Waals surface area contributed by atoms with Crippen LogP contribution in [0.4, 0.5) is 0 Å². The standard InChI is InChI=1S/C14H20O3/c1-10(13(15)16)17-9-11-5-7-12(8-6-11)14(2,3)4/h5-8,10H,9H2,1-4H3,(H,15,16). The number of carboxylic acid groups (broad SMARTS) is 1. The van der Waals surface area contributed by atoms with Gasteiger partial charge in [0.2, 0.25) is 0 Å². The van der Waals surface area contributed by atoms with Crippen LogP contribution in [0.2, 0.25) is 0 Å². The maximum absolute atomic E-state index is 10.6. The number of carbonyl (C=O) groups is 1. The van der Waals surface area contributed by atoms with E-state index in [1.54, 1.807) is 0 Å². The Morgan fingerprint density at radius 1 is 1.29 bits per heavy atom. The molecule has 1 unspecified atom stereocenters. The molecule has 0 amide bonds. The molecule has 1 aromatic rings. The molecule has 1 atom stereocenters. The highest BCUT2D eigenvalue weighted by molar-refractivity contribution is 5.71. The molecule has 0 bridgehead atoms. The predicted octanol–water partition coefficient (Wildman–Crippen LogP) is 2.97. The number of benzene rings is 1. The molecule has 1 N–H and O–H groups in total. The SMILES string of the molecule is CC(OCc1ccc(C(C)(C)C)cc1)C(=O)O. The molecule has 0 spiro atoms. The van der Waals surface area contributed by atoms with Gasteiger partial charge in [0.1, 0.15) is 0 Å². The molecule has 0 heterocycles. The third kappa shape index (κ3) is 4.19. The Labute approximate surface area is 102 Å². The maximum atomic E-state index is 10.6. The number of aliphatic carboxylic acids is 1. The minimum atomic E-state index is -0.934. The Morgan fingerprint density at radius 3 is 2.24 bits per heavy atom. The second-order valence-corrected chi connectivity index (χ2v) is 5.24. The van der Waals surface area contributed by atoms with E-state index in [1.165, 1.54) is 12.5 Å². The van der Waals surface area contributed by atoms with Gasteiger partial charge in [-0.05, 0) is 23.5 Å². The summed E-state index contributed by atoms with van der Waals surface area (Å²) in [5.74, 6) is -0.934. The molecule has 1 aromatic carbocycles. The molecule has 94 valence electrons. The van der Waals surface area contributed by atoms with Crippen molar-refractivity contribution in [2.24, 2.45) is 0 Å². The minimum Gasteiger partial charge on any atom is -0.479 e. The van der Waals surface area contributed by atoms with Crippen LogP contribution in [0.3, 0.4) is 0 Å². The average Bonchev–Trinajstić information content (AvgIpc) is 2.25. The second-order valence-electron chi connectivity index (χ2n) is 5.24. The van der Waals surface area contributed by atoms with E-state index < -0.39 is 12.1 Å². The fraction of sp³-hybridized carbons (Fsp3) is 0.500. The Morgan fingerprint density at radius 2 is 1.82 bits per heavy atom. The summed E-state index contributed by atoms with van der Waals surface area (Å²) in [5, 5.41) is 8.69. The van der Waals surface area contributed by atoms with Gasteiger partial charge in [0.25, 0.3) is 0 Å². The average molecular weight is 236 g/mol. The number of hydrogen-bond acceptors (Lipinski definition) is 2. The van der Waals surface area contributed by atoms with Gasteiger partial charge in [0.15, 0.2) is 6.10 Å². The first-order valence-electron chi connectivity index (χ1n) is 5.74. The fourth-order valence-corrected chi connectivity index (χ4v) is 1.39. The first kappa shape index (κ1) is 13.7.